The van der Waals surface area contributed by atoms with Gasteiger partial charge in [0.05, 0.1) is 5.54 Å². The topological polar surface area (TPSA) is 144 Å². The van der Waals surface area contributed by atoms with Gasteiger partial charge in [0.15, 0.2) is 11.6 Å². The number of carbonyl (C=O) groups is 1. The molecule has 4 N–H and O–H groups in total. The molecule has 2 heterocycles. The largest absolute Gasteiger partial charge is 0.490 e. The number of aromatic nitrogens is 5. The Morgan fingerprint density at radius 1 is 1.23 bits per heavy atom. The summed E-state index contributed by atoms with van der Waals surface area (Å²) < 4.78 is 37.2. The van der Waals surface area contributed by atoms with E-state index in [1.807, 2.05) is 31.2 Å². The Balaban J connectivity index is 0.000000318. The minimum absolute atomic E-state index is 0.444. The van der Waals surface area contributed by atoms with E-state index in [1.165, 1.54) is 0 Å². The number of aliphatic carboxylic acids is 1. The molecule has 0 spiro atoms. The van der Waals surface area contributed by atoms with Crippen LogP contribution in [0, 0.1) is 6.92 Å². The summed E-state index contributed by atoms with van der Waals surface area (Å²) >= 11 is 0. The number of nitrogens with one attached hydrogen (secondary N) is 1. The lowest BCUT2D eigenvalue weighted by molar-refractivity contribution is -0.192. The van der Waals surface area contributed by atoms with Gasteiger partial charge in [0.1, 0.15) is 5.82 Å². The van der Waals surface area contributed by atoms with Gasteiger partial charge in [-0.05, 0) is 31.9 Å². The number of halogens is 3. The smallest absolute Gasteiger partial charge is 0.475 e. The second-order valence-electron chi connectivity index (χ2n) is 6.91. The SMILES string of the molecule is Cc1nc(-c2cccc(-c3nc(C4(N)CCCC4)no3)c2)n[nH]1.O=C(O)C(F)(F)F. The van der Waals surface area contributed by atoms with Crippen molar-refractivity contribution in [1.82, 2.24) is 25.3 Å². The molecule has 0 saturated heterocycles. The summed E-state index contributed by atoms with van der Waals surface area (Å²) in [7, 11) is 0. The van der Waals surface area contributed by atoms with Crippen LogP contribution in [0.4, 0.5) is 13.2 Å². The van der Waals surface area contributed by atoms with E-state index < -0.39 is 17.7 Å². The Morgan fingerprint density at radius 2 is 1.87 bits per heavy atom. The molecule has 1 aromatic carbocycles. The molecule has 12 heteroatoms. The number of nitrogens with zero attached hydrogens (tertiary/aromatic N) is 4. The number of hydrogen-bond acceptors (Lipinski definition) is 7. The Kier molecular flexibility index (Phi) is 5.87. The molecule has 0 atom stereocenters. The Hall–Kier alpha value is -3.28. The lowest BCUT2D eigenvalue weighted by Gasteiger charge is -2.17. The van der Waals surface area contributed by atoms with E-state index in [1.54, 1.807) is 0 Å². The molecule has 4 rings (SSSR count). The number of rotatable bonds is 3. The summed E-state index contributed by atoms with van der Waals surface area (Å²) in [6.45, 7) is 1.87. The van der Waals surface area contributed by atoms with Crippen molar-refractivity contribution in [2.24, 2.45) is 5.73 Å². The number of H-pyrrole nitrogens is 1. The van der Waals surface area contributed by atoms with E-state index in [0.29, 0.717) is 17.5 Å². The van der Waals surface area contributed by atoms with E-state index in [-0.39, 0.29) is 0 Å². The van der Waals surface area contributed by atoms with Gasteiger partial charge in [0.25, 0.3) is 5.89 Å². The zero-order valence-corrected chi connectivity index (χ0v) is 15.9. The van der Waals surface area contributed by atoms with Gasteiger partial charge in [0, 0.05) is 11.1 Å². The second-order valence-corrected chi connectivity index (χ2v) is 6.91. The molecular weight excluding hydrogens is 405 g/mol. The van der Waals surface area contributed by atoms with Crippen molar-refractivity contribution < 1.29 is 27.6 Å². The van der Waals surface area contributed by atoms with Crippen LogP contribution in [-0.4, -0.2) is 42.6 Å². The predicted molar refractivity (Wildman–Crippen MR) is 97.9 cm³/mol. The summed E-state index contributed by atoms with van der Waals surface area (Å²) in [5, 5.41) is 18.3. The number of aromatic amines is 1. The van der Waals surface area contributed by atoms with Gasteiger partial charge in [0.2, 0.25) is 0 Å². The first-order valence-electron chi connectivity index (χ1n) is 9.01. The van der Waals surface area contributed by atoms with E-state index in [4.69, 9.17) is 20.2 Å². The summed E-state index contributed by atoms with van der Waals surface area (Å²) in [5.74, 6) is -0.255. The predicted octanol–water partition coefficient (Wildman–Crippen LogP) is 3.19. The fourth-order valence-electron chi connectivity index (χ4n) is 3.04. The van der Waals surface area contributed by atoms with Crippen LogP contribution in [0.15, 0.2) is 28.8 Å². The third kappa shape index (κ3) is 4.82. The fourth-order valence-corrected chi connectivity index (χ4v) is 3.04. The molecule has 0 amide bonds. The molecule has 0 unspecified atom stereocenters. The third-order valence-corrected chi connectivity index (χ3v) is 4.57. The first-order valence-corrected chi connectivity index (χ1v) is 9.01. The molecule has 2 aromatic heterocycles. The van der Waals surface area contributed by atoms with Crippen LogP contribution in [0.1, 0.15) is 37.3 Å². The maximum atomic E-state index is 10.6. The van der Waals surface area contributed by atoms with Crippen molar-refractivity contribution in [2.75, 3.05) is 0 Å². The average molecular weight is 424 g/mol. The molecule has 30 heavy (non-hydrogen) atoms. The number of hydrogen-bond donors (Lipinski definition) is 3. The highest BCUT2D eigenvalue weighted by molar-refractivity contribution is 5.73. The molecular formula is C18H19F3N6O3. The zero-order chi connectivity index (χ0) is 21.9. The minimum atomic E-state index is -5.08. The number of carboxylic acid groups (broad SMARTS) is 1. The van der Waals surface area contributed by atoms with E-state index in [0.717, 1.165) is 42.6 Å². The van der Waals surface area contributed by atoms with E-state index >= 15 is 0 Å². The molecule has 3 aromatic rings. The minimum Gasteiger partial charge on any atom is -0.475 e. The first-order chi connectivity index (χ1) is 14.1. The van der Waals surface area contributed by atoms with E-state index in [9.17, 15) is 13.2 Å². The van der Waals surface area contributed by atoms with Crippen molar-refractivity contribution in [1.29, 1.82) is 0 Å². The molecule has 0 bridgehead atoms. The first kappa shape index (κ1) is 21.4. The molecule has 1 aliphatic rings. The number of carboxylic acids is 1. The second kappa shape index (κ2) is 8.22. The van der Waals surface area contributed by atoms with Crippen LogP contribution >= 0.6 is 0 Å². The van der Waals surface area contributed by atoms with Gasteiger partial charge < -0.3 is 15.4 Å². The molecule has 1 aliphatic carbocycles. The van der Waals surface area contributed by atoms with Crippen molar-refractivity contribution in [3.05, 3.63) is 35.9 Å². The van der Waals surface area contributed by atoms with Crippen LogP contribution in [0.3, 0.4) is 0 Å². The number of alkyl halides is 3. The standard InChI is InChI=1S/C16H18N6O.C2HF3O2/c1-10-18-13(21-20-10)11-5-4-6-12(9-11)14-19-15(22-23-14)16(17)7-2-3-8-16;3-2(4,5)1(6)7/h4-6,9H,2-3,7-8,17H2,1H3,(H,18,20,21);(H,6,7). The molecule has 160 valence electrons. The van der Waals surface area contributed by atoms with Crippen molar-refractivity contribution in [3.8, 4) is 22.8 Å². The molecule has 0 aliphatic heterocycles. The third-order valence-electron chi connectivity index (χ3n) is 4.57. The Bertz CT molecular complexity index is 1020. The zero-order valence-electron chi connectivity index (χ0n) is 15.9. The van der Waals surface area contributed by atoms with Crippen LogP contribution < -0.4 is 5.73 Å². The fraction of sp³-hybridized carbons (Fsp3) is 0.389. The highest BCUT2D eigenvalue weighted by Crippen LogP contribution is 2.35. The van der Waals surface area contributed by atoms with Crippen molar-refractivity contribution in [3.63, 3.8) is 0 Å². The summed E-state index contributed by atoms with van der Waals surface area (Å²) in [6, 6.07) is 7.74. The normalized spacial score (nSPS) is 15.5. The maximum Gasteiger partial charge on any atom is 0.490 e. The number of benzene rings is 1. The lowest BCUT2D eigenvalue weighted by atomic mass is 9.98. The maximum absolute atomic E-state index is 10.6. The average Bonchev–Trinajstić information content (AvgIpc) is 3.43. The van der Waals surface area contributed by atoms with Crippen LogP contribution in [-0.2, 0) is 10.3 Å². The van der Waals surface area contributed by atoms with Gasteiger partial charge >= 0.3 is 12.1 Å². The van der Waals surface area contributed by atoms with E-state index in [2.05, 4.69) is 25.3 Å². The number of nitrogens with two attached hydrogens (primary N) is 1. The van der Waals surface area contributed by atoms with Crippen LogP contribution in [0.25, 0.3) is 22.8 Å². The lowest BCUT2D eigenvalue weighted by Crippen LogP contribution is -2.34. The summed E-state index contributed by atoms with van der Waals surface area (Å²) in [5.41, 5.74) is 7.68. The summed E-state index contributed by atoms with van der Waals surface area (Å²) in [4.78, 5) is 17.8. The van der Waals surface area contributed by atoms with Gasteiger partial charge in [-0.1, -0.05) is 30.1 Å². The van der Waals surface area contributed by atoms with Crippen LogP contribution in [0.2, 0.25) is 0 Å². The Labute approximate surface area is 168 Å². The van der Waals surface area contributed by atoms with Crippen molar-refractivity contribution >= 4 is 5.97 Å². The van der Waals surface area contributed by atoms with Gasteiger partial charge in [-0.3, -0.25) is 5.10 Å². The molecule has 0 radical (unpaired) electrons. The molecule has 1 saturated carbocycles. The highest BCUT2D eigenvalue weighted by atomic mass is 19.4. The summed E-state index contributed by atoms with van der Waals surface area (Å²) in [6.07, 6.45) is -1.05. The van der Waals surface area contributed by atoms with Crippen molar-refractivity contribution in [2.45, 2.75) is 44.3 Å². The Morgan fingerprint density at radius 3 is 2.43 bits per heavy atom. The van der Waals surface area contributed by atoms with Gasteiger partial charge in [-0.25, -0.2) is 9.78 Å². The monoisotopic (exact) mass is 424 g/mol. The number of aryl methyl sites for hydroxylation is 1. The highest BCUT2D eigenvalue weighted by Gasteiger charge is 2.38. The molecule has 1 fully saturated rings. The molecule has 9 nitrogen and oxygen atoms in total. The van der Waals surface area contributed by atoms with Gasteiger partial charge in [-0.2, -0.15) is 23.3 Å². The quantitative estimate of drug-likeness (QED) is 0.581. The van der Waals surface area contributed by atoms with Gasteiger partial charge in [-0.15, -0.1) is 0 Å². The van der Waals surface area contributed by atoms with Crippen LogP contribution in [0.5, 0.6) is 0 Å².